The quantitative estimate of drug-likeness (QED) is 0.936. The van der Waals surface area contributed by atoms with Crippen LogP contribution in [0.25, 0.3) is 0 Å². The van der Waals surface area contributed by atoms with Gasteiger partial charge >= 0.3 is 0 Å². The van der Waals surface area contributed by atoms with E-state index in [0.29, 0.717) is 6.54 Å². The number of rotatable bonds is 4. The van der Waals surface area contributed by atoms with Crippen molar-refractivity contribution in [1.82, 2.24) is 10.2 Å². The van der Waals surface area contributed by atoms with Gasteiger partial charge < -0.3 is 5.32 Å². The maximum absolute atomic E-state index is 12.9. The van der Waals surface area contributed by atoms with E-state index >= 15 is 0 Å². The second-order valence-corrected chi connectivity index (χ2v) is 5.36. The summed E-state index contributed by atoms with van der Waals surface area (Å²) in [6.07, 6.45) is 0.888. The molecular formula is C11H11BrFN3S. The van der Waals surface area contributed by atoms with E-state index in [9.17, 15) is 4.39 Å². The number of aromatic nitrogens is 2. The van der Waals surface area contributed by atoms with Crippen LogP contribution in [0.3, 0.4) is 0 Å². The van der Waals surface area contributed by atoms with Crippen molar-refractivity contribution >= 4 is 32.4 Å². The van der Waals surface area contributed by atoms with Gasteiger partial charge in [-0.2, -0.15) is 0 Å². The third-order valence-electron chi connectivity index (χ3n) is 2.21. The zero-order valence-corrected chi connectivity index (χ0v) is 11.6. The van der Waals surface area contributed by atoms with Crippen LogP contribution in [-0.4, -0.2) is 10.2 Å². The number of halogens is 2. The van der Waals surface area contributed by atoms with Crippen LogP contribution in [0.4, 0.5) is 9.52 Å². The molecule has 0 fully saturated rings. The van der Waals surface area contributed by atoms with E-state index < -0.39 is 0 Å². The van der Waals surface area contributed by atoms with Gasteiger partial charge in [-0.15, -0.1) is 10.2 Å². The molecule has 0 saturated carbocycles. The summed E-state index contributed by atoms with van der Waals surface area (Å²) in [5.74, 6) is -0.246. The Kier molecular flexibility index (Phi) is 4.06. The Hall–Kier alpha value is -1.01. The highest BCUT2D eigenvalue weighted by molar-refractivity contribution is 9.10. The Balaban J connectivity index is 2.02. The second-order valence-electron chi connectivity index (χ2n) is 3.44. The van der Waals surface area contributed by atoms with Crippen molar-refractivity contribution in [1.29, 1.82) is 0 Å². The second kappa shape index (κ2) is 5.55. The van der Waals surface area contributed by atoms with Crippen LogP contribution in [0.1, 0.15) is 17.5 Å². The largest absolute Gasteiger partial charge is 0.356 e. The molecule has 0 aliphatic carbocycles. The number of hydrogen-bond acceptors (Lipinski definition) is 4. The maximum atomic E-state index is 12.9. The Labute approximate surface area is 111 Å². The zero-order valence-electron chi connectivity index (χ0n) is 9.20. The molecule has 1 heterocycles. The molecule has 17 heavy (non-hydrogen) atoms. The molecule has 1 N–H and O–H groups in total. The lowest BCUT2D eigenvalue weighted by Gasteiger charge is -2.04. The van der Waals surface area contributed by atoms with Crippen molar-refractivity contribution in [2.75, 3.05) is 5.32 Å². The lowest BCUT2D eigenvalue weighted by molar-refractivity contribution is 0.626. The Morgan fingerprint density at radius 3 is 2.88 bits per heavy atom. The van der Waals surface area contributed by atoms with Gasteiger partial charge in [0.25, 0.3) is 0 Å². The molecule has 0 spiro atoms. The molecule has 6 heteroatoms. The molecule has 0 saturated heterocycles. The van der Waals surface area contributed by atoms with E-state index in [2.05, 4.69) is 31.4 Å². The maximum Gasteiger partial charge on any atom is 0.205 e. The monoisotopic (exact) mass is 315 g/mol. The zero-order chi connectivity index (χ0) is 12.3. The van der Waals surface area contributed by atoms with Crippen molar-refractivity contribution in [2.24, 2.45) is 0 Å². The third-order valence-corrected chi connectivity index (χ3v) is 3.98. The lowest BCUT2D eigenvalue weighted by atomic mass is 10.2. The summed E-state index contributed by atoms with van der Waals surface area (Å²) in [6.45, 7) is 2.64. The summed E-state index contributed by atoms with van der Waals surface area (Å²) < 4.78 is 13.6. The summed E-state index contributed by atoms with van der Waals surface area (Å²) in [6, 6.07) is 4.64. The topological polar surface area (TPSA) is 37.8 Å². The summed E-state index contributed by atoms with van der Waals surface area (Å²) in [4.78, 5) is 0. The van der Waals surface area contributed by atoms with Crippen LogP contribution >= 0.6 is 27.3 Å². The van der Waals surface area contributed by atoms with Crippen LogP contribution in [-0.2, 0) is 13.0 Å². The first-order valence-corrected chi connectivity index (χ1v) is 6.80. The molecule has 2 aromatic rings. The molecule has 1 aromatic heterocycles. The van der Waals surface area contributed by atoms with Crippen LogP contribution < -0.4 is 5.32 Å². The average molecular weight is 316 g/mol. The van der Waals surface area contributed by atoms with Gasteiger partial charge in [-0.1, -0.05) is 40.3 Å². The van der Waals surface area contributed by atoms with Crippen molar-refractivity contribution < 1.29 is 4.39 Å². The average Bonchev–Trinajstić information content (AvgIpc) is 2.76. The molecule has 1 aromatic carbocycles. The Bertz CT molecular complexity index is 515. The number of nitrogens with one attached hydrogen (secondary N) is 1. The minimum Gasteiger partial charge on any atom is -0.356 e. The summed E-state index contributed by atoms with van der Waals surface area (Å²) >= 11 is 4.87. The van der Waals surface area contributed by atoms with Crippen LogP contribution in [0.2, 0.25) is 0 Å². The first kappa shape index (κ1) is 12.4. The molecule has 0 aliphatic heterocycles. The van der Waals surface area contributed by atoms with E-state index in [-0.39, 0.29) is 5.82 Å². The van der Waals surface area contributed by atoms with Crippen molar-refractivity contribution in [2.45, 2.75) is 19.9 Å². The molecule has 0 unspecified atom stereocenters. The highest BCUT2D eigenvalue weighted by Crippen LogP contribution is 2.21. The van der Waals surface area contributed by atoms with Gasteiger partial charge in [-0.3, -0.25) is 0 Å². The Morgan fingerprint density at radius 2 is 2.24 bits per heavy atom. The summed E-state index contributed by atoms with van der Waals surface area (Å²) in [5, 5.41) is 13.0. The predicted molar refractivity (Wildman–Crippen MR) is 70.7 cm³/mol. The molecule has 0 amide bonds. The van der Waals surface area contributed by atoms with Crippen LogP contribution in [0.15, 0.2) is 22.7 Å². The normalized spacial score (nSPS) is 10.5. The summed E-state index contributed by atoms with van der Waals surface area (Å²) in [5.41, 5.74) is 0.986. The number of nitrogens with zero attached hydrogens (tertiary/aromatic N) is 2. The van der Waals surface area contributed by atoms with Gasteiger partial charge in [0.1, 0.15) is 10.8 Å². The third kappa shape index (κ3) is 3.23. The molecule has 0 radical (unpaired) electrons. The molecule has 90 valence electrons. The fourth-order valence-electron chi connectivity index (χ4n) is 1.30. The van der Waals surface area contributed by atoms with Crippen molar-refractivity contribution in [3.63, 3.8) is 0 Å². The molecule has 3 nitrogen and oxygen atoms in total. The highest BCUT2D eigenvalue weighted by Gasteiger charge is 2.04. The first-order chi connectivity index (χ1) is 8.19. The Morgan fingerprint density at radius 1 is 1.41 bits per heavy atom. The van der Waals surface area contributed by atoms with Crippen LogP contribution in [0, 0.1) is 5.82 Å². The number of anilines is 1. The molecule has 2 rings (SSSR count). The van der Waals surface area contributed by atoms with Gasteiger partial charge in [-0.05, 0) is 24.1 Å². The van der Waals surface area contributed by atoms with Crippen molar-refractivity contribution in [3.8, 4) is 0 Å². The minimum absolute atomic E-state index is 0.246. The SMILES string of the molecule is CCc1nnc(NCc2ccc(F)cc2Br)s1. The fraction of sp³-hybridized carbons (Fsp3) is 0.273. The molecular weight excluding hydrogens is 305 g/mol. The predicted octanol–water partition coefficient (Wildman–Crippen LogP) is 3.61. The van der Waals surface area contributed by atoms with Gasteiger partial charge in [0.2, 0.25) is 5.13 Å². The van der Waals surface area contributed by atoms with Crippen molar-refractivity contribution in [3.05, 3.63) is 39.1 Å². The standard InChI is InChI=1S/C11H11BrFN3S/c1-2-10-15-16-11(17-10)14-6-7-3-4-8(13)5-9(7)12/h3-5H,2,6H2,1H3,(H,14,16). The van der Waals surface area contributed by atoms with Gasteiger partial charge in [0, 0.05) is 11.0 Å². The number of hydrogen-bond donors (Lipinski definition) is 1. The van der Waals surface area contributed by atoms with E-state index in [1.807, 2.05) is 6.92 Å². The van der Waals surface area contributed by atoms with E-state index in [0.717, 1.165) is 26.6 Å². The fourth-order valence-corrected chi connectivity index (χ4v) is 2.47. The number of aryl methyl sites for hydroxylation is 1. The number of benzene rings is 1. The first-order valence-electron chi connectivity index (χ1n) is 5.19. The molecule has 0 bridgehead atoms. The minimum atomic E-state index is -0.246. The smallest absolute Gasteiger partial charge is 0.205 e. The van der Waals surface area contributed by atoms with E-state index in [1.165, 1.54) is 23.5 Å². The highest BCUT2D eigenvalue weighted by atomic mass is 79.9. The van der Waals surface area contributed by atoms with Gasteiger partial charge in [-0.25, -0.2) is 4.39 Å². The van der Waals surface area contributed by atoms with E-state index in [1.54, 1.807) is 6.07 Å². The lowest BCUT2D eigenvalue weighted by Crippen LogP contribution is -2.00. The summed E-state index contributed by atoms with van der Waals surface area (Å²) in [7, 11) is 0. The van der Waals surface area contributed by atoms with Crippen LogP contribution in [0.5, 0.6) is 0 Å². The van der Waals surface area contributed by atoms with E-state index in [4.69, 9.17) is 0 Å². The van der Waals surface area contributed by atoms with Gasteiger partial charge in [0.05, 0.1) is 0 Å². The van der Waals surface area contributed by atoms with Gasteiger partial charge in [0.15, 0.2) is 0 Å². The molecule has 0 aliphatic rings. The molecule has 0 atom stereocenters.